The summed E-state index contributed by atoms with van der Waals surface area (Å²) in [6.07, 6.45) is 1.05. The summed E-state index contributed by atoms with van der Waals surface area (Å²) in [5.74, 6) is 0. The Morgan fingerprint density at radius 3 is 2.55 bits per heavy atom. The number of nitrogens with one attached hydrogen (secondary N) is 1. The van der Waals surface area contributed by atoms with E-state index < -0.39 is 0 Å². The molecular formula is C17H23NOS. The maximum absolute atomic E-state index is 5.82. The van der Waals surface area contributed by atoms with Crippen molar-refractivity contribution < 1.29 is 4.74 Å². The molecule has 0 saturated carbocycles. The Kier molecular flexibility index (Phi) is 6.25. The quantitative estimate of drug-likeness (QED) is 0.793. The third-order valence-electron chi connectivity index (χ3n) is 3.15. The van der Waals surface area contributed by atoms with Crippen molar-refractivity contribution in [3.05, 3.63) is 57.8 Å². The van der Waals surface area contributed by atoms with Crippen LogP contribution in [0.25, 0.3) is 0 Å². The molecule has 1 heterocycles. The van der Waals surface area contributed by atoms with Gasteiger partial charge in [-0.3, -0.25) is 0 Å². The second kappa shape index (κ2) is 8.20. The topological polar surface area (TPSA) is 21.3 Å². The van der Waals surface area contributed by atoms with Gasteiger partial charge in [-0.2, -0.15) is 0 Å². The minimum atomic E-state index is 0.539. The lowest BCUT2D eigenvalue weighted by Crippen LogP contribution is -2.25. The maximum atomic E-state index is 5.82. The molecule has 0 spiro atoms. The van der Waals surface area contributed by atoms with E-state index in [0.29, 0.717) is 19.3 Å². The van der Waals surface area contributed by atoms with E-state index in [0.717, 1.165) is 13.0 Å². The minimum Gasteiger partial charge on any atom is -0.371 e. The third-order valence-corrected chi connectivity index (χ3v) is 4.00. The Bertz CT molecular complexity index is 493. The maximum Gasteiger partial charge on any atom is 0.0813 e. The van der Waals surface area contributed by atoms with E-state index in [-0.39, 0.29) is 0 Å². The average molecular weight is 289 g/mol. The lowest BCUT2D eigenvalue weighted by molar-refractivity contribution is 0.108. The SMILES string of the molecule is CC(C)NCCc1ccccc1COCc1cccs1. The largest absolute Gasteiger partial charge is 0.371 e. The number of rotatable bonds is 8. The highest BCUT2D eigenvalue weighted by atomic mass is 32.1. The Labute approximate surface area is 125 Å². The molecule has 1 N–H and O–H groups in total. The fourth-order valence-corrected chi connectivity index (χ4v) is 2.73. The van der Waals surface area contributed by atoms with Crippen LogP contribution in [0.2, 0.25) is 0 Å². The fraction of sp³-hybridized carbons (Fsp3) is 0.412. The molecule has 0 atom stereocenters. The van der Waals surface area contributed by atoms with Gasteiger partial charge in [0.25, 0.3) is 0 Å². The van der Waals surface area contributed by atoms with Gasteiger partial charge in [-0.15, -0.1) is 11.3 Å². The van der Waals surface area contributed by atoms with Gasteiger partial charge in [0.1, 0.15) is 0 Å². The molecule has 0 saturated heterocycles. The van der Waals surface area contributed by atoms with Crippen molar-refractivity contribution in [1.29, 1.82) is 0 Å². The van der Waals surface area contributed by atoms with Gasteiger partial charge >= 0.3 is 0 Å². The molecule has 108 valence electrons. The Morgan fingerprint density at radius 1 is 1.05 bits per heavy atom. The van der Waals surface area contributed by atoms with E-state index in [4.69, 9.17) is 4.74 Å². The summed E-state index contributed by atoms with van der Waals surface area (Å²) < 4.78 is 5.82. The van der Waals surface area contributed by atoms with Crippen LogP contribution in [0.15, 0.2) is 41.8 Å². The highest BCUT2D eigenvalue weighted by Gasteiger charge is 2.03. The van der Waals surface area contributed by atoms with Crippen LogP contribution in [0.4, 0.5) is 0 Å². The molecule has 0 fully saturated rings. The predicted molar refractivity (Wildman–Crippen MR) is 86.1 cm³/mol. The van der Waals surface area contributed by atoms with Crippen LogP contribution < -0.4 is 5.32 Å². The summed E-state index contributed by atoms with van der Waals surface area (Å²) in [6, 6.07) is 13.3. The van der Waals surface area contributed by atoms with Crippen molar-refractivity contribution in [2.75, 3.05) is 6.54 Å². The Hall–Kier alpha value is -1.16. The van der Waals surface area contributed by atoms with E-state index >= 15 is 0 Å². The van der Waals surface area contributed by atoms with Crippen molar-refractivity contribution in [1.82, 2.24) is 5.32 Å². The van der Waals surface area contributed by atoms with Crippen molar-refractivity contribution >= 4 is 11.3 Å². The van der Waals surface area contributed by atoms with Gasteiger partial charge in [-0.1, -0.05) is 44.2 Å². The lowest BCUT2D eigenvalue weighted by atomic mass is 10.1. The second-order valence-corrected chi connectivity index (χ2v) is 6.23. The summed E-state index contributed by atoms with van der Waals surface area (Å²) in [4.78, 5) is 1.28. The van der Waals surface area contributed by atoms with Gasteiger partial charge in [0.05, 0.1) is 13.2 Å². The zero-order chi connectivity index (χ0) is 14.2. The molecule has 0 unspecified atom stereocenters. The standard InChI is InChI=1S/C17H23NOS/c1-14(2)18-10-9-15-6-3-4-7-16(15)12-19-13-17-8-5-11-20-17/h3-8,11,14,18H,9-10,12-13H2,1-2H3. The zero-order valence-corrected chi connectivity index (χ0v) is 13.1. The van der Waals surface area contributed by atoms with Crippen LogP contribution in [-0.4, -0.2) is 12.6 Å². The van der Waals surface area contributed by atoms with Gasteiger partial charge in [0.15, 0.2) is 0 Å². The number of thiophene rings is 1. The van der Waals surface area contributed by atoms with Crippen LogP contribution in [0.1, 0.15) is 29.9 Å². The van der Waals surface area contributed by atoms with Gasteiger partial charge in [0, 0.05) is 10.9 Å². The summed E-state index contributed by atoms with van der Waals surface area (Å²) in [7, 11) is 0. The number of hydrogen-bond donors (Lipinski definition) is 1. The normalized spacial score (nSPS) is 11.2. The number of ether oxygens (including phenoxy) is 1. The van der Waals surface area contributed by atoms with Crippen molar-refractivity contribution in [3.8, 4) is 0 Å². The predicted octanol–water partition coefficient (Wildman–Crippen LogP) is 4.01. The monoisotopic (exact) mass is 289 g/mol. The van der Waals surface area contributed by atoms with Crippen molar-refractivity contribution in [3.63, 3.8) is 0 Å². The van der Waals surface area contributed by atoms with Crippen LogP contribution in [-0.2, 0) is 24.4 Å². The third kappa shape index (κ3) is 5.08. The van der Waals surface area contributed by atoms with E-state index in [1.54, 1.807) is 11.3 Å². The second-order valence-electron chi connectivity index (χ2n) is 5.20. The zero-order valence-electron chi connectivity index (χ0n) is 12.3. The molecule has 0 amide bonds. The smallest absolute Gasteiger partial charge is 0.0813 e. The number of benzene rings is 1. The van der Waals surface area contributed by atoms with E-state index in [1.807, 2.05) is 0 Å². The molecule has 1 aromatic heterocycles. The van der Waals surface area contributed by atoms with Gasteiger partial charge in [0.2, 0.25) is 0 Å². The van der Waals surface area contributed by atoms with Crippen LogP contribution in [0.5, 0.6) is 0 Å². The first-order valence-corrected chi connectivity index (χ1v) is 8.04. The average Bonchev–Trinajstić information content (AvgIpc) is 2.93. The molecule has 0 aliphatic heterocycles. The lowest BCUT2D eigenvalue weighted by Gasteiger charge is -2.12. The Balaban J connectivity index is 1.83. The summed E-state index contributed by atoms with van der Waals surface area (Å²) >= 11 is 1.74. The Morgan fingerprint density at radius 2 is 1.85 bits per heavy atom. The number of hydrogen-bond acceptors (Lipinski definition) is 3. The van der Waals surface area contributed by atoms with Crippen molar-refractivity contribution in [2.24, 2.45) is 0 Å². The van der Waals surface area contributed by atoms with Crippen LogP contribution >= 0.6 is 11.3 Å². The molecule has 2 rings (SSSR count). The highest BCUT2D eigenvalue weighted by molar-refractivity contribution is 7.09. The molecule has 2 aromatic rings. The summed E-state index contributed by atoms with van der Waals surface area (Å²) in [5, 5.41) is 5.55. The molecule has 2 nitrogen and oxygen atoms in total. The molecule has 0 aliphatic rings. The minimum absolute atomic E-state index is 0.539. The summed E-state index contributed by atoms with van der Waals surface area (Å²) in [5.41, 5.74) is 2.68. The molecule has 0 radical (unpaired) electrons. The first-order valence-electron chi connectivity index (χ1n) is 7.16. The van der Waals surface area contributed by atoms with E-state index in [1.165, 1.54) is 16.0 Å². The van der Waals surface area contributed by atoms with Crippen molar-refractivity contribution in [2.45, 2.75) is 39.5 Å². The van der Waals surface area contributed by atoms with E-state index in [2.05, 4.69) is 60.9 Å². The molecular weight excluding hydrogens is 266 g/mol. The van der Waals surface area contributed by atoms with Crippen LogP contribution in [0.3, 0.4) is 0 Å². The van der Waals surface area contributed by atoms with Crippen LogP contribution in [0, 0.1) is 0 Å². The molecule has 3 heteroatoms. The molecule has 0 bridgehead atoms. The van der Waals surface area contributed by atoms with Gasteiger partial charge < -0.3 is 10.1 Å². The highest BCUT2D eigenvalue weighted by Crippen LogP contribution is 2.14. The molecule has 20 heavy (non-hydrogen) atoms. The fourth-order valence-electron chi connectivity index (χ4n) is 2.09. The van der Waals surface area contributed by atoms with E-state index in [9.17, 15) is 0 Å². The first-order chi connectivity index (χ1) is 9.75. The van der Waals surface area contributed by atoms with Gasteiger partial charge in [-0.05, 0) is 35.5 Å². The summed E-state index contributed by atoms with van der Waals surface area (Å²) in [6.45, 7) is 6.76. The molecule has 0 aliphatic carbocycles. The van der Waals surface area contributed by atoms with Gasteiger partial charge in [-0.25, -0.2) is 0 Å². The first kappa shape index (κ1) is 15.2. The molecule has 1 aromatic carbocycles.